The van der Waals surface area contributed by atoms with E-state index in [0.717, 1.165) is 39.6 Å². The van der Waals surface area contributed by atoms with Crippen molar-refractivity contribution in [1.82, 2.24) is 9.38 Å². The Morgan fingerprint density at radius 3 is 2.72 bits per heavy atom. The van der Waals surface area contributed by atoms with E-state index in [-0.39, 0.29) is 5.91 Å². The summed E-state index contributed by atoms with van der Waals surface area (Å²) < 4.78 is 7.24. The molecule has 4 aromatic rings. The van der Waals surface area contributed by atoms with Crippen molar-refractivity contribution in [3.8, 4) is 17.0 Å². The standard InChI is InChI=1S/C23H16ClN3O2/c1-29-16-8-5-14(6-9-16)22-20(27-11-3-2-4-21(27)26-22)13-18-17-12-15(24)7-10-19(17)25-23(18)28/h2-13H,1H3,(H,25,28)/b18-13+. The van der Waals surface area contributed by atoms with Gasteiger partial charge in [-0.25, -0.2) is 4.98 Å². The van der Waals surface area contributed by atoms with E-state index in [0.29, 0.717) is 10.6 Å². The Kier molecular flexibility index (Phi) is 4.11. The number of benzene rings is 2. The molecule has 142 valence electrons. The van der Waals surface area contributed by atoms with Crippen molar-refractivity contribution < 1.29 is 9.53 Å². The number of pyridine rings is 1. The Hall–Kier alpha value is -3.57. The van der Waals surface area contributed by atoms with Crippen LogP contribution in [-0.4, -0.2) is 22.4 Å². The quantitative estimate of drug-likeness (QED) is 0.482. The number of amides is 1. The van der Waals surface area contributed by atoms with E-state index in [9.17, 15) is 4.79 Å². The van der Waals surface area contributed by atoms with Crippen LogP contribution in [0.15, 0.2) is 66.9 Å². The number of rotatable bonds is 3. The molecule has 0 atom stereocenters. The molecule has 0 bridgehead atoms. The van der Waals surface area contributed by atoms with Gasteiger partial charge >= 0.3 is 0 Å². The van der Waals surface area contributed by atoms with Gasteiger partial charge in [0.25, 0.3) is 5.91 Å². The van der Waals surface area contributed by atoms with Crippen LogP contribution in [0, 0.1) is 0 Å². The van der Waals surface area contributed by atoms with E-state index in [1.165, 1.54) is 0 Å². The molecule has 1 amide bonds. The lowest BCUT2D eigenvalue weighted by molar-refractivity contribution is -0.110. The first-order chi connectivity index (χ1) is 14.1. The lowest BCUT2D eigenvalue weighted by Crippen LogP contribution is -2.04. The van der Waals surface area contributed by atoms with Crippen LogP contribution in [0.3, 0.4) is 0 Å². The van der Waals surface area contributed by atoms with E-state index in [4.69, 9.17) is 21.3 Å². The monoisotopic (exact) mass is 401 g/mol. The fourth-order valence-corrected chi connectivity index (χ4v) is 3.73. The van der Waals surface area contributed by atoms with Gasteiger partial charge < -0.3 is 10.1 Å². The molecule has 2 aromatic carbocycles. The maximum absolute atomic E-state index is 12.7. The number of nitrogens with zero attached hydrogens (tertiary/aromatic N) is 2. The van der Waals surface area contributed by atoms with Crippen LogP contribution < -0.4 is 10.1 Å². The normalized spacial score (nSPS) is 14.3. The summed E-state index contributed by atoms with van der Waals surface area (Å²) in [5.74, 6) is 0.616. The second kappa shape index (κ2) is 6.79. The van der Waals surface area contributed by atoms with E-state index in [1.807, 2.05) is 65.2 Å². The van der Waals surface area contributed by atoms with Gasteiger partial charge in [-0.15, -0.1) is 0 Å². The second-order valence-corrected chi connectivity index (χ2v) is 7.14. The van der Waals surface area contributed by atoms with E-state index in [1.54, 1.807) is 19.2 Å². The zero-order valence-electron chi connectivity index (χ0n) is 15.5. The molecule has 0 fully saturated rings. The number of hydrogen-bond donors (Lipinski definition) is 1. The summed E-state index contributed by atoms with van der Waals surface area (Å²) in [7, 11) is 1.64. The Morgan fingerprint density at radius 1 is 1.10 bits per heavy atom. The van der Waals surface area contributed by atoms with Gasteiger partial charge in [0.2, 0.25) is 0 Å². The minimum absolute atomic E-state index is 0.158. The van der Waals surface area contributed by atoms with Crippen molar-refractivity contribution in [1.29, 1.82) is 0 Å². The van der Waals surface area contributed by atoms with Crippen LogP contribution in [0.4, 0.5) is 5.69 Å². The summed E-state index contributed by atoms with van der Waals surface area (Å²) in [6.07, 6.45) is 3.81. The highest BCUT2D eigenvalue weighted by atomic mass is 35.5. The van der Waals surface area contributed by atoms with Gasteiger partial charge in [0.05, 0.1) is 24.1 Å². The van der Waals surface area contributed by atoms with Crippen molar-refractivity contribution in [2.45, 2.75) is 0 Å². The van der Waals surface area contributed by atoms with E-state index in [2.05, 4.69) is 5.32 Å². The third-order valence-corrected chi connectivity index (χ3v) is 5.21. The van der Waals surface area contributed by atoms with E-state index < -0.39 is 0 Å². The van der Waals surface area contributed by atoms with Crippen LogP contribution in [0.1, 0.15) is 11.3 Å². The Morgan fingerprint density at radius 2 is 1.93 bits per heavy atom. The fourth-order valence-electron chi connectivity index (χ4n) is 3.55. The number of hydrogen-bond acceptors (Lipinski definition) is 3. The number of fused-ring (bicyclic) bond motifs is 2. The average Bonchev–Trinajstić information content (AvgIpc) is 3.26. The zero-order valence-corrected chi connectivity index (χ0v) is 16.3. The molecule has 0 saturated heterocycles. The predicted molar refractivity (Wildman–Crippen MR) is 115 cm³/mol. The molecule has 3 heterocycles. The average molecular weight is 402 g/mol. The van der Waals surface area contributed by atoms with Crippen LogP contribution in [0.5, 0.6) is 5.75 Å². The maximum Gasteiger partial charge on any atom is 0.256 e. The molecule has 1 N–H and O–H groups in total. The predicted octanol–water partition coefficient (Wildman–Crippen LogP) is 5.16. The number of carbonyl (C=O) groups excluding carboxylic acids is 1. The highest BCUT2D eigenvalue weighted by molar-refractivity contribution is 6.36. The molecule has 0 unspecified atom stereocenters. The van der Waals surface area contributed by atoms with Crippen molar-refractivity contribution >= 4 is 40.5 Å². The lowest BCUT2D eigenvalue weighted by Gasteiger charge is -2.04. The largest absolute Gasteiger partial charge is 0.497 e. The first kappa shape index (κ1) is 17.5. The van der Waals surface area contributed by atoms with Crippen molar-refractivity contribution in [2.75, 3.05) is 12.4 Å². The molecule has 0 saturated carbocycles. The summed E-state index contributed by atoms with van der Waals surface area (Å²) in [5.41, 5.74) is 5.45. The van der Waals surface area contributed by atoms with Gasteiger partial charge in [0, 0.05) is 28.0 Å². The molecule has 29 heavy (non-hydrogen) atoms. The zero-order chi connectivity index (χ0) is 20.0. The SMILES string of the molecule is COc1ccc(-c2nc3ccccn3c2/C=C2/C(=O)Nc3ccc(Cl)cc32)cc1. The Bertz CT molecular complexity index is 1290. The van der Waals surface area contributed by atoms with Crippen molar-refractivity contribution in [3.05, 3.63) is 83.1 Å². The number of aromatic nitrogens is 2. The maximum atomic E-state index is 12.7. The third-order valence-electron chi connectivity index (χ3n) is 4.98. The molecular weight excluding hydrogens is 386 g/mol. The molecule has 0 aliphatic carbocycles. The first-order valence-corrected chi connectivity index (χ1v) is 9.46. The third kappa shape index (κ3) is 2.96. The molecule has 5 nitrogen and oxygen atoms in total. The highest BCUT2D eigenvalue weighted by Crippen LogP contribution is 2.36. The number of nitrogens with one attached hydrogen (secondary N) is 1. The number of methoxy groups -OCH3 is 1. The topological polar surface area (TPSA) is 55.6 Å². The van der Waals surface area contributed by atoms with Gasteiger partial charge in [-0.2, -0.15) is 0 Å². The van der Waals surface area contributed by atoms with Gasteiger partial charge in [-0.05, 0) is 60.7 Å². The van der Waals surface area contributed by atoms with Crippen LogP contribution in [-0.2, 0) is 4.79 Å². The molecule has 1 aliphatic heterocycles. The lowest BCUT2D eigenvalue weighted by atomic mass is 10.0. The molecule has 0 radical (unpaired) electrons. The number of ether oxygens (including phenoxy) is 1. The molecule has 1 aliphatic rings. The number of carbonyl (C=O) groups is 1. The molecule has 5 rings (SSSR count). The summed E-state index contributed by atoms with van der Waals surface area (Å²) in [6, 6.07) is 18.9. The molecule has 0 spiro atoms. The van der Waals surface area contributed by atoms with Gasteiger partial charge in [-0.3, -0.25) is 9.20 Å². The second-order valence-electron chi connectivity index (χ2n) is 6.71. The summed E-state index contributed by atoms with van der Waals surface area (Å²) in [5, 5.41) is 3.48. The smallest absolute Gasteiger partial charge is 0.256 e. The number of anilines is 1. The van der Waals surface area contributed by atoms with Crippen LogP contribution in [0.2, 0.25) is 5.02 Å². The van der Waals surface area contributed by atoms with Crippen LogP contribution in [0.25, 0.3) is 28.6 Å². The molecular formula is C23H16ClN3O2. The molecule has 2 aromatic heterocycles. The number of imidazole rings is 1. The Labute approximate surface area is 172 Å². The summed E-state index contributed by atoms with van der Waals surface area (Å²) in [6.45, 7) is 0. The van der Waals surface area contributed by atoms with E-state index >= 15 is 0 Å². The fraction of sp³-hybridized carbons (Fsp3) is 0.0435. The first-order valence-electron chi connectivity index (χ1n) is 9.08. The van der Waals surface area contributed by atoms with Gasteiger partial charge in [0.1, 0.15) is 11.4 Å². The summed E-state index contributed by atoms with van der Waals surface area (Å²) >= 11 is 6.17. The minimum Gasteiger partial charge on any atom is -0.497 e. The van der Waals surface area contributed by atoms with Gasteiger partial charge in [-0.1, -0.05) is 17.7 Å². The minimum atomic E-state index is -0.158. The molecule has 6 heteroatoms. The highest BCUT2D eigenvalue weighted by Gasteiger charge is 2.25. The summed E-state index contributed by atoms with van der Waals surface area (Å²) in [4.78, 5) is 17.5. The number of halogens is 1. The Balaban J connectivity index is 1.74. The van der Waals surface area contributed by atoms with Crippen molar-refractivity contribution in [2.24, 2.45) is 0 Å². The van der Waals surface area contributed by atoms with Crippen LogP contribution >= 0.6 is 11.6 Å². The van der Waals surface area contributed by atoms with Gasteiger partial charge in [0.15, 0.2) is 0 Å². The van der Waals surface area contributed by atoms with Crippen molar-refractivity contribution in [3.63, 3.8) is 0 Å².